The smallest absolute Gasteiger partial charge is 0.152 e. The van der Waals surface area contributed by atoms with Crippen molar-refractivity contribution in [3.05, 3.63) is 54.3 Å². The van der Waals surface area contributed by atoms with Crippen LogP contribution in [-0.2, 0) is 11.2 Å². The zero-order chi connectivity index (χ0) is 11.4. The number of anilines is 1. The van der Waals surface area contributed by atoms with Crippen molar-refractivity contribution in [3.63, 3.8) is 0 Å². The first-order valence-corrected chi connectivity index (χ1v) is 5.45. The summed E-state index contributed by atoms with van der Waals surface area (Å²) in [5.74, 6) is 0.0919. The van der Waals surface area contributed by atoms with Crippen LogP contribution in [0.4, 0.5) is 5.69 Å². The SMILES string of the molecule is CC(=O)/C=C/CN1C=CCc2ccccc21. The zero-order valence-corrected chi connectivity index (χ0v) is 9.39. The summed E-state index contributed by atoms with van der Waals surface area (Å²) in [5, 5.41) is 0. The van der Waals surface area contributed by atoms with Crippen molar-refractivity contribution in [1.82, 2.24) is 0 Å². The second kappa shape index (κ2) is 4.79. The molecule has 0 unspecified atom stereocenters. The summed E-state index contributed by atoms with van der Waals surface area (Å²) < 4.78 is 0. The molecule has 0 aliphatic carbocycles. The third kappa shape index (κ3) is 2.40. The summed E-state index contributed by atoms with van der Waals surface area (Å²) in [6.07, 6.45) is 8.72. The first-order chi connectivity index (χ1) is 7.77. The van der Waals surface area contributed by atoms with Gasteiger partial charge in [0.15, 0.2) is 5.78 Å². The lowest BCUT2D eigenvalue weighted by Gasteiger charge is -2.25. The minimum absolute atomic E-state index is 0.0919. The number of carbonyl (C=O) groups is 1. The van der Waals surface area contributed by atoms with E-state index in [1.165, 1.54) is 11.3 Å². The molecule has 82 valence electrons. The van der Waals surface area contributed by atoms with E-state index in [1.54, 1.807) is 13.0 Å². The van der Waals surface area contributed by atoms with Gasteiger partial charge in [-0.3, -0.25) is 4.79 Å². The molecular weight excluding hydrogens is 198 g/mol. The number of hydrogen-bond donors (Lipinski definition) is 0. The van der Waals surface area contributed by atoms with E-state index in [0.717, 1.165) is 13.0 Å². The summed E-state index contributed by atoms with van der Waals surface area (Å²) in [4.78, 5) is 13.0. The summed E-state index contributed by atoms with van der Waals surface area (Å²) in [6, 6.07) is 8.35. The lowest BCUT2D eigenvalue weighted by molar-refractivity contribution is -0.112. The number of carbonyl (C=O) groups excluding carboxylic acids is 1. The summed E-state index contributed by atoms with van der Waals surface area (Å²) in [5.41, 5.74) is 2.57. The van der Waals surface area contributed by atoms with Gasteiger partial charge >= 0.3 is 0 Å². The number of benzene rings is 1. The van der Waals surface area contributed by atoms with E-state index in [9.17, 15) is 4.79 Å². The van der Waals surface area contributed by atoms with Crippen LogP contribution in [0.15, 0.2) is 48.7 Å². The van der Waals surface area contributed by atoms with Crippen LogP contribution >= 0.6 is 0 Å². The highest BCUT2D eigenvalue weighted by Gasteiger charge is 2.09. The van der Waals surface area contributed by atoms with E-state index < -0.39 is 0 Å². The molecule has 0 aromatic heterocycles. The standard InChI is InChI=1S/C14H15NO/c1-12(16)6-4-10-15-11-5-8-13-7-2-3-9-14(13)15/h2-7,9,11H,8,10H2,1H3/b6-4+. The maximum absolute atomic E-state index is 10.8. The molecule has 16 heavy (non-hydrogen) atoms. The molecule has 2 heteroatoms. The molecule has 0 N–H and O–H groups in total. The van der Waals surface area contributed by atoms with Gasteiger partial charge in [-0.2, -0.15) is 0 Å². The zero-order valence-electron chi connectivity index (χ0n) is 9.39. The molecular formula is C14H15NO. The summed E-state index contributed by atoms with van der Waals surface area (Å²) in [6.45, 7) is 2.31. The Kier molecular flexibility index (Phi) is 3.20. The Balaban J connectivity index is 2.13. The van der Waals surface area contributed by atoms with E-state index in [2.05, 4.69) is 35.4 Å². The minimum Gasteiger partial charge on any atom is -0.344 e. The lowest BCUT2D eigenvalue weighted by atomic mass is 10.1. The maximum Gasteiger partial charge on any atom is 0.152 e. The molecule has 0 fully saturated rings. The van der Waals surface area contributed by atoms with Crippen LogP contribution in [-0.4, -0.2) is 12.3 Å². The average Bonchev–Trinajstić information content (AvgIpc) is 2.29. The van der Waals surface area contributed by atoms with Gasteiger partial charge in [0.25, 0.3) is 0 Å². The predicted octanol–water partition coefficient (Wildman–Crippen LogP) is 2.71. The third-order valence-electron chi connectivity index (χ3n) is 2.58. The van der Waals surface area contributed by atoms with Gasteiger partial charge in [0.2, 0.25) is 0 Å². The van der Waals surface area contributed by atoms with Gasteiger partial charge in [-0.1, -0.05) is 30.4 Å². The second-order valence-electron chi connectivity index (χ2n) is 3.88. The largest absolute Gasteiger partial charge is 0.344 e. The van der Waals surface area contributed by atoms with Crippen LogP contribution < -0.4 is 4.90 Å². The molecule has 0 saturated carbocycles. The molecule has 1 aromatic carbocycles. The van der Waals surface area contributed by atoms with Gasteiger partial charge in [0.1, 0.15) is 0 Å². The van der Waals surface area contributed by atoms with Gasteiger partial charge in [0.05, 0.1) is 0 Å². The molecule has 1 aliphatic rings. The Bertz CT molecular complexity index is 446. The fourth-order valence-corrected chi connectivity index (χ4v) is 1.84. The van der Waals surface area contributed by atoms with Crippen molar-refractivity contribution in [1.29, 1.82) is 0 Å². The van der Waals surface area contributed by atoms with Crippen molar-refractivity contribution < 1.29 is 4.79 Å². The van der Waals surface area contributed by atoms with Gasteiger partial charge in [-0.15, -0.1) is 0 Å². The van der Waals surface area contributed by atoms with E-state index in [1.807, 2.05) is 12.1 Å². The number of allylic oxidation sites excluding steroid dienone is 2. The van der Waals surface area contributed by atoms with Crippen molar-refractivity contribution >= 4 is 11.5 Å². The van der Waals surface area contributed by atoms with Gasteiger partial charge in [0, 0.05) is 18.4 Å². The van der Waals surface area contributed by atoms with Crippen molar-refractivity contribution in [3.8, 4) is 0 Å². The molecule has 2 nitrogen and oxygen atoms in total. The first kappa shape index (κ1) is 10.7. The highest BCUT2D eigenvalue weighted by Crippen LogP contribution is 2.24. The van der Waals surface area contributed by atoms with Crippen LogP contribution in [0.1, 0.15) is 12.5 Å². The number of rotatable bonds is 3. The Morgan fingerprint density at radius 2 is 2.25 bits per heavy atom. The van der Waals surface area contributed by atoms with E-state index in [4.69, 9.17) is 0 Å². The third-order valence-corrected chi connectivity index (χ3v) is 2.58. The summed E-state index contributed by atoms with van der Waals surface area (Å²) >= 11 is 0. The molecule has 0 atom stereocenters. The number of hydrogen-bond acceptors (Lipinski definition) is 2. The lowest BCUT2D eigenvalue weighted by Crippen LogP contribution is -2.20. The molecule has 1 aliphatic heterocycles. The van der Waals surface area contributed by atoms with Crippen molar-refractivity contribution in [2.45, 2.75) is 13.3 Å². The van der Waals surface area contributed by atoms with E-state index >= 15 is 0 Å². The molecule has 2 rings (SSSR count). The second-order valence-corrected chi connectivity index (χ2v) is 3.88. The molecule has 0 bridgehead atoms. The van der Waals surface area contributed by atoms with Crippen LogP contribution in [0.2, 0.25) is 0 Å². The molecule has 0 amide bonds. The minimum atomic E-state index is 0.0919. The normalized spacial score (nSPS) is 14.2. The Labute approximate surface area is 95.9 Å². The Morgan fingerprint density at radius 3 is 3.06 bits per heavy atom. The Morgan fingerprint density at radius 1 is 1.44 bits per heavy atom. The van der Waals surface area contributed by atoms with Crippen molar-refractivity contribution in [2.24, 2.45) is 0 Å². The number of fused-ring (bicyclic) bond motifs is 1. The molecule has 0 saturated heterocycles. The van der Waals surface area contributed by atoms with Gasteiger partial charge in [-0.25, -0.2) is 0 Å². The quantitative estimate of drug-likeness (QED) is 0.719. The highest BCUT2D eigenvalue weighted by molar-refractivity contribution is 5.87. The van der Waals surface area contributed by atoms with Gasteiger partial charge in [-0.05, 0) is 31.1 Å². The summed E-state index contributed by atoms with van der Waals surface area (Å²) in [7, 11) is 0. The number of para-hydroxylation sites is 1. The maximum atomic E-state index is 10.8. The number of nitrogens with zero attached hydrogens (tertiary/aromatic N) is 1. The Hall–Kier alpha value is -1.83. The fourth-order valence-electron chi connectivity index (χ4n) is 1.84. The molecule has 0 spiro atoms. The first-order valence-electron chi connectivity index (χ1n) is 5.45. The number of ketones is 1. The highest BCUT2D eigenvalue weighted by atomic mass is 16.1. The van der Waals surface area contributed by atoms with Crippen LogP contribution in [0.3, 0.4) is 0 Å². The molecule has 1 aromatic rings. The molecule has 1 heterocycles. The molecule has 0 radical (unpaired) electrons. The fraction of sp³-hybridized carbons (Fsp3) is 0.214. The van der Waals surface area contributed by atoms with Crippen LogP contribution in [0.5, 0.6) is 0 Å². The van der Waals surface area contributed by atoms with Gasteiger partial charge < -0.3 is 4.90 Å². The average molecular weight is 213 g/mol. The van der Waals surface area contributed by atoms with E-state index in [0.29, 0.717) is 0 Å². The van der Waals surface area contributed by atoms with E-state index in [-0.39, 0.29) is 5.78 Å². The predicted molar refractivity (Wildman–Crippen MR) is 66.5 cm³/mol. The van der Waals surface area contributed by atoms with Crippen LogP contribution in [0, 0.1) is 0 Å². The topological polar surface area (TPSA) is 20.3 Å². The monoisotopic (exact) mass is 213 g/mol. The van der Waals surface area contributed by atoms with Crippen molar-refractivity contribution in [2.75, 3.05) is 11.4 Å². The van der Waals surface area contributed by atoms with Crippen LogP contribution in [0.25, 0.3) is 0 Å².